The highest BCUT2D eigenvalue weighted by Crippen LogP contribution is 2.15. The van der Waals surface area contributed by atoms with Crippen LogP contribution in [0, 0.1) is 0 Å². The Morgan fingerprint density at radius 3 is 2.54 bits per heavy atom. The first kappa shape index (κ1) is 12.1. The lowest BCUT2D eigenvalue weighted by molar-refractivity contribution is 0.116. The predicted molar refractivity (Wildman–Crippen MR) is 55.1 cm³/mol. The molecular weight excluding hydrogens is 166 g/mol. The molecule has 0 aliphatic heterocycles. The molecule has 0 spiro atoms. The summed E-state index contributed by atoms with van der Waals surface area (Å²) in [4.78, 5) is 3.72. The molecule has 4 nitrogen and oxygen atoms in total. The summed E-state index contributed by atoms with van der Waals surface area (Å²) in [5, 5.41) is 11.1. The molecule has 0 bridgehead atoms. The van der Waals surface area contributed by atoms with E-state index in [1.807, 2.05) is 6.92 Å². The monoisotopic (exact) mass is 185 g/mol. The molecule has 0 aliphatic rings. The summed E-state index contributed by atoms with van der Waals surface area (Å²) in [7, 11) is 0. The number of nitrogens with zero attached hydrogens (tertiary/aromatic N) is 2. The predicted octanol–water partition coefficient (Wildman–Crippen LogP) is 0.885. The zero-order valence-electron chi connectivity index (χ0n) is 8.62. The second-order valence-corrected chi connectivity index (χ2v) is 3.47. The SMILES string of the molecule is C=N/C(=C\N(N)CCC)C(C)(C)O. The molecule has 76 valence electrons. The van der Waals surface area contributed by atoms with Gasteiger partial charge in [0, 0.05) is 12.7 Å². The quantitative estimate of drug-likeness (QED) is 0.380. The van der Waals surface area contributed by atoms with Gasteiger partial charge in [0.15, 0.2) is 0 Å². The summed E-state index contributed by atoms with van der Waals surface area (Å²) in [5.74, 6) is 5.62. The summed E-state index contributed by atoms with van der Waals surface area (Å²) in [6.45, 7) is 9.43. The third-order valence-corrected chi connectivity index (χ3v) is 1.57. The maximum Gasteiger partial charge on any atom is 0.102 e. The number of aliphatic imine (C=N–C) groups is 1. The average Bonchev–Trinajstić information content (AvgIpc) is 1.98. The van der Waals surface area contributed by atoms with Crippen LogP contribution >= 0.6 is 0 Å². The van der Waals surface area contributed by atoms with Crippen LogP contribution in [0.4, 0.5) is 0 Å². The first-order chi connectivity index (χ1) is 5.91. The van der Waals surface area contributed by atoms with Gasteiger partial charge in [0.1, 0.15) is 5.60 Å². The largest absolute Gasteiger partial charge is 0.384 e. The van der Waals surface area contributed by atoms with Crippen molar-refractivity contribution in [3.05, 3.63) is 11.9 Å². The first-order valence-corrected chi connectivity index (χ1v) is 4.34. The minimum Gasteiger partial charge on any atom is -0.384 e. The Labute approximate surface area is 79.7 Å². The second kappa shape index (κ2) is 4.99. The van der Waals surface area contributed by atoms with Crippen LogP contribution in [0.5, 0.6) is 0 Å². The van der Waals surface area contributed by atoms with Crippen LogP contribution in [-0.4, -0.2) is 29.0 Å². The summed E-state index contributed by atoms with van der Waals surface area (Å²) in [5.41, 5.74) is -0.518. The average molecular weight is 185 g/mol. The fourth-order valence-corrected chi connectivity index (χ4v) is 0.872. The fraction of sp³-hybridized carbons (Fsp3) is 0.667. The van der Waals surface area contributed by atoms with E-state index in [0.717, 1.165) is 13.0 Å². The van der Waals surface area contributed by atoms with E-state index in [9.17, 15) is 5.11 Å². The molecule has 0 radical (unpaired) electrons. The molecule has 4 heteroatoms. The third-order valence-electron chi connectivity index (χ3n) is 1.57. The van der Waals surface area contributed by atoms with Gasteiger partial charge in [-0.2, -0.15) is 0 Å². The van der Waals surface area contributed by atoms with E-state index in [1.165, 1.54) is 5.01 Å². The molecule has 13 heavy (non-hydrogen) atoms. The minimum absolute atomic E-state index is 0.475. The van der Waals surface area contributed by atoms with Crippen LogP contribution < -0.4 is 5.84 Å². The van der Waals surface area contributed by atoms with Crippen LogP contribution in [0.3, 0.4) is 0 Å². The molecule has 0 amide bonds. The molecule has 0 saturated carbocycles. The number of rotatable bonds is 5. The molecule has 0 saturated heterocycles. The summed E-state index contributed by atoms with van der Waals surface area (Å²) < 4.78 is 0. The third kappa shape index (κ3) is 4.65. The van der Waals surface area contributed by atoms with Crippen LogP contribution in [0.2, 0.25) is 0 Å². The molecule has 0 aromatic heterocycles. The van der Waals surface area contributed by atoms with Crippen molar-refractivity contribution in [2.45, 2.75) is 32.8 Å². The molecule has 0 aromatic carbocycles. The smallest absolute Gasteiger partial charge is 0.102 e. The van der Waals surface area contributed by atoms with Crippen molar-refractivity contribution in [2.75, 3.05) is 6.54 Å². The maximum absolute atomic E-state index is 9.61. The highest BCUT2D eigenvalue weighted by atomic mass is 16.3. The van der Waals surface area contributed by atoms with E-state index in [2.05, 4.69) is 11.7 Å². The summed E-state index contributed by atoms with van der Waals surface area (Å²) >= 11 is 0. The van der Waals surface area contributed by atoms with E-state index in [4.69, 9.17) is 5.84 Å². The van der Waals surface area contributed by atoms with Gasteiger partial charge < -0.3 is 10.1 Å². The van der Waals surface area contributed by atoms with Crippen LogP contribution in [0.25, 0.3) is 0 Å². The minimum atomic E-state index is -0.993. The Kier molecular flexibility index (Phi) is 4.66. The normalized spacial score (nSPS) is 12.8. The van der Waals surface area contributed by atoms with Crippen molar-refractivity contribution >= 4 is 6.72 Å². The van der Waals surface area contributed by atoms with Crippen molar-refractivity contribution in [3.63, 3.8) is 0 Å². The van der Waals surface area contributed by atoms with E-state index < -0.39 is 5.60 Å². The van der Waals surface area contributed by atoms with Gasteiger partial charge in [-0.05, 0) is 27.0 Å². The number of hydrazine groups is 1. The molecule has 0 aromatic rings. The molecule has 3 N–H and O–H groups in total. The lowest BCUT2D eigenvalue weighted by atomic mass is 10.1. The topological polar surface area (TPSA) is 61.8 Å². The Morgan fingerprint density at radius 1 is 1.69 bits per heavy atom. The summed E-state index contributed by atoms with van der Waals surface area (Å²) in [6, 6.07) is 0. The van der Waals surface area contributed by atoms with Crippen LogP contribution in [0.15, 0.2) is 16.9 Å². The molecule has 0 atom stereocenters. The van der Waals surface area contributed by atoms with Gasteiger partial charge in [-0.25, -0.2) is 5.84 Å². The number of nitrogens with two attached hydrogens (primary N) is 1. The Balaban J connectivity index is 4.47. The number of hydrogen-bond donors (Lipinski definition) is 2. The fourth-order valence-electron chi connectivity index (χ4n) is 0.872. The zero-order valence-corrected chi connectivity index (χ0v) is 8.62. The molecule has 0 fully saturated rings. The van der Waals surface area contributed by atoms with E-state index >= 15 is 0 Å². The highest BCUT2D eigenvalue weighted by molar-refractivity contribution is 5.31. The van der Waals surface area contributed by atoms with Crippen molar-refractivity contribution in [1.29, 1.82) is 0 Å². The number of hydrogen-bond acceptors (Lipinski definition) is 4. The van der Waals surface area contributed by atoms with Crippen molar-refractivity contribution in [1.82, 2.24) is 5.01 Å². The van der Waals surface area contributed by atoms with Crippen molar-refractivity contribution < 1.29 is 5.11 Å². The second-order valence-electron chi connectivity index (χ2n) is 3.47. The van der Waals surface area contributed by atoms with Crippen molar-refractivity contribution in [3.8, 4) is 0 Å². The molecular formula is C9H19N3O. The standard InChI is InChI=1S/C9H19N3O/c1-5-6-12(10)7-8(11-4)9(2,3)13/h7,13H,4-6,10H2,1-3H3/b8-7-. The lowest BCUT2D eigenvalue weighted by Crippen LogP contribution is -2.30. The van der Waals surface area contributed by atoms with Crippen molar-refractivity contribution in [2.24, 2.45) is 10.8 Å². The van der Waals surface area contributed by atoms with E-state index in [0.29, 0.717) is 5.70 Å². The van der Waals surface area contributed by atoms with Gasteiger partial charge in [0.2, 0.25) is 0 Å². The van der Waals surface area contributed by atoms with Gasteiger partial charge in [0.05, 0.1) is 5.70 Å². The molecule has 0 rings (SSSR count). The highest BCUT2D eigenvalue weighted by Gasteiger charge is 2.18. The Bertz CT molecular complexity index is 194. The van der Waals surface area contributed by atoms with Gasteiger partial charge in [-0.15, -0.1) is 0 Å². The Hall–Kier alpha value is -0.870. The Morgan fingerprint density at radius 2 is 2.23 bits per heavy atom. The van der Waals surface area contributed by atoms with Crippen LogP contribution in [0.1, 0.15) is 27.2 Å². The zero-order chi connectivity index (χ0) is 10.5. The van der Waals surface area contributed by atoms with Crippen LogP contribution in [-0.2, 0) is 0 Å². The molecule has 0 heterocycles. The van der Waals surface area contributed by atoms with Gasteiger partial charge in [0.25, 0.3) is 0 Å². The van der Waals surface area contributed by atoms with Gasteiger partial charge in [-0.1, -0.05) is 6.92 Å². The lowest BCUT2D eigenvalue weighted by Gasteiger charge is -2.21. The van der Waals surface area contributed by atoms with E-state index in [1.54, 1.807) is 20.0 Å². The van der Waals surface area contributed by atoms with Gasteiger partial charge >= 0.3 is 0 Å². The number of aliphatic hydroxyl groups is 1. The molecule has 0 aliphatic carbocycles. The summed E-state index contributed by atoms with van der Waals surface area (Å²) in [6.07, 6.45) is 2.56. The molecule has 0 unspecified atom stereocenters. The van der Waals surface area contributed by atoms with Gasteiger partial charge in [-0.3, -0.25) is 4.99 Å². The first-order valence-electron chi connectivity index (χ1n) is 4.34. The maximum atomic E-state index is 9.61. The van der Waals surface area contributed by atoms with E-state index in [-0.39, 0.29) is 0 Å².